The molecule has 0 amide bonds. The second-order valence-electron chi connectivity index (χ2n) is 4.27. The number of nitrogens with two attached hydrogens (primary N) is 1. The summed E-state index contributed by atoms with van der Waals surface area (Å²) in [5.74, 6) is 0.511. The SMILES string of the molecule is CCCC1CC1Nc1cc(F)ccc1N. The van der Waals surface area contributed by atoms with Crippen molar-refractivity contribution in [2.24, 2.45) is 5.92 Å². The zero-order chi connectivity index (χ0) is 10.8. The predicted octanol–water partition coefficient (Wildman–Crippen LogP) is 3.01. The van der Waals surface area contributed by atoms with E-state index in [2.05, 4.69) is 12.2 Å². The maximum Gasteiger partial charge on any atom is 0.125 e. The molecular formula is C12H17FN2. The molecule has 0 radical (unpaired) electrons. The van der Waals surface area contributed by atoms with Crippen LogP contribution in [-0.2, 0) is 0 Å². The molecule has 0 aliphatic heterocycles. The van der Waals surface area contributed by atoms with E-state index < -0.39 is 0 Å². The van der Waals surface area contributed by atoms with E-state index in [-0.39, 0.29) is 5.82 Å². The van der Waals surface area contributed by atoms with Gasteiger partial charge in [0.15, 0.2) is 0 Å². The summed E-state index contributed by atoms with van der Waals surface area (Å²) in [6, 6.07) is 4.96. The molecule has 0 saturated heterocycles. The molecule has 15 heavy (non-hydrogen) atoms. The van der Waals surface area contributed by atoms with E-state index in [9.17, 15) is 4.39 Å². The van der Waals surface area contributed by atoms with Crippen molar-refractivity contribution in [3.05, 3.63) is 24.0 Å². The Kier molecular flexibility index (Phi) is 2.80. The normalized spacial score (nSPS) is 23.9. The maximum atomic E-state index is 13.0. The average Bonchev–Trinajstić information content (AvgIpc) is 2.91. The molecule has 2 rings (SSSR count). The first-order valence-electron chi connectivity index (χ1n) is 5.52. The van der Waals surface area contributed by atoms with E-state index in [0.29, 0.717) is 11.7 Å². The summed E-state index contributed by atoms with van der Waals surface area (Å²) in [5, 5.41) is 3.29. The summed E-state index contributed by atoms with van der Waals surface area (Å²) in [5.41, 5.74) is 7.11. The number of hydrogen-bond acceptors (Lipinski definition) is 2. The molecule has 0 aromatic heterocycles. The Bertz CT molecular complexity index is 351. The third-order valence-electron chi connectivity index (χ3n) is 2.94. The lowest BCUT2D eigenvalue weighted by atomic mass is 10.2. The van der Waals surface area contributed by atoms with Gasteiger partial charge in [-0.3, -0.25) is 0 Å². The molecule has 1 aliphatic rings. The van der Waals surface area contributed by atoms with Gasteiger partial charge in [0.1, 0.15) is 5.82 Å². The summed E-state index contributed by atoms with van der Waals surface area (Å²) >= 11 is 0. The highest BCUT2D eigenvalue weighted by Gasteiger charge is 2.36. The van der Waals surface area contributed by atoms with Gasteiger partial charge in [0, 0.05) is 6.04 Å². The van der Waals surface area contributed by atoms with Gasteiger partial charge >= 0.3 is 0 Å². The summed E-state index contributed by atoms with van der Waals surface area (Å²) in [4.78, 5) is 0. The lowest BCUT2D eigenvalue weighted by Gasteiger charge is -2.08. The summed E-state index contributed by atoms with van der Waals surface area (Å²) < 4.78 is 13.0. The number of anilines is 2. The molecule has 2 unspecified atom stereocenters. The summed E-state index contributed by atoms with van der Waals surface area (Å²) in [7, 11) is 0. The molecule has 1 aliphatic carbocycles. The molecule has 0 spiro atoms. The Balaban J connectivity index is 1.97. The smallest absolute Gasteiger partial charge is 0.125 e. The highest BCUT2D eigenvalue weighted by molar-refractivity contribution is 5.66. The van der Waals surface area contributed by atoms with Crippen LogP contribution in [0.25, 0.3) is 0 Å². The molecule has 1 saturated carbocycles. The van der Waals surface area contributed by atoms with Crippen molar-refractivity contribution in [2.45, 2.75) is 32.2 Å². The third-order valence-corrected chi connectivity index (χ3v) is 2.94. The van der Waals surface area contributed by atoms with Crippen LogP contribution < -0.4 is 11.1 Å². The van der Waals surface area contributed by atoms with Crippen LogP contribution in [0.2, 0.25) is 0 Å². The first-order chi connectivity index (χ1) is 7.20. The minimum atomic E-state index is -0.237. The molecule has 1 aromatic rings. The van der Waals surface area contributed by atoms with Crippen LogP contribution >= 0.6 is 0 Å². The molecule has 82 valence electrons. The van der Waals surface area contributed by atoms with Gasteiger partial charge in [-0.15, -0.1) is 0 Å². The highest BCUT2D eigenvalue weighted by Crippen LogP contribution is 2.38. The van der Waals surface area contributed by atoms with Crippen LogP contribution in [0.3, 0.4) is 0 Å². The quantitative estimate of drug-likeness (QED) is 0.746. The van der Waals surface area contributed by atoms with Crippen molar-refractivity contribution in [3.8, 4) is 0 Å². The Morgan fingerprint density at radius 3 is 3.07 bits per heavy atom. The van der Waals surface area contributed by atoms with Gasteiger partial charge in [0.25, 0.3) is 0 Å². The van der Waals surface area contributed by atoms with E-state index in [1.165, 1.54) is 31.4 Å². The van der Waals surface area contributed by atoms with E-state index in [4.69, 9.17) is 5.73 Å². The zero-order valence-corrected chi connectivity index (χ0v) is 8.96. The number of halogens is 1. The average molecular weight is 208 g/mol. The van der Waals surface area contributed by atoms with Crippen molar-refractivity contribution < 1.29 is 4.39 Å². The summed E-state index contributed by atoms with van der Waals surface area (Å²) in [6.45, 7) is 2.19. The first kappa shape index (κ1) is 10.3. The second kappa shape index (κ2) is 4.09. The Hall–Kier alpha value is -1.25. The van der Waals surface area contributed by atoms with Gasteiger partial charge in [-0.05, 0) is 37.0 Å². The standard InChI is InChI=1S/C12H17FN2/c1-2-3-8-6-11(8)15-12-7-9(13)4-5-10(12)14/h4-5,7-8,11,15H,2-3,6,14H2,1H3. The molecule has 3 N–H and O–H groups in total. The minimum Gasteiger partial charge on any atom is -0.397 e. The summed E-state index contributed by atoms with van der Waals surface area (Å²) in [6.07, 6.45) is 3.64. The molecule has 1 aromatic carbocycles. The van der Waals surface area contributed by atoms with Crippen LogP contribution in [0.15, 0.2) is 18.2 Å². The molecule has 2 nitrogen and oxygen atoms in total. The van der Waals surface area contributed by atoms with E-state index in [0.717, 1.165) is 11.6 Å². The van der Waals surface area contributed by atoms with Crippen LogP contribution in [-0.4, -0.2) is 6.04 Å². The first-order valence-corrected chi connectivity index (χ1v) is 5.52. The van der Waals surface area contributed by atoms with Crippen LogP contribution in [0.4, 0.5) is 15.8 Å². The number of rotatable bonds is 4. The number of benzene rings is 1. The van der Waals surface area contributed by atoms with Crippen molar-refractivity contribution in [2.75, 3.05) is 11.1 Å². The molecule has 1 fully saturated rings. The highest BCUT2D eigenvalue weighted by atomic mass is 19.1. The largest absolute Gasteiger partial charge is 0.397 e. The van der Waals surface area contributed by atoms with Crippen molar-refractivity contribution in [3.63, 3.8) is 0 Å². The van der Waals surface area contributed by atoms with Gasteiger partial charge in [-0.1, -0.05) is 13.3 Å². The van der Waals surface area contributed by atoms with Crippen molar-refractivity contribution in [1.82, 2.24) is 0 Å². The third kappa shape index (κ3) is 2.41. The monoisotopic (exact) mass is 208 g/mol. The van der Waals surface area contributed by atoms with Gasteiger partial charge in [-0.2, -0.15) is 0 Å². The Morgan fingerprint density at radius 2 is 2.33 bits per heavy atom. The molecule has 2 atom stereocenters. The minimum absolute atomic E-state index is 0.237. The molecule has 0 heterocycles. The molecule has 0 bridgehead atoms. The number of hydrogen-bond donors (Lipinski definition) is 2. The Morgan fingerprint density at radius 1 is 1.53 bits per heavy atom. The number of nitrogens with one attached hydrogen (secondary N) is 1. The van der Waals surface area contributed by atoms with Crippen LogP contribution in [0.1, 0.15) is 26.2 Å². The molecular weight excluding hydrogens is 191 g/mol. The van der Waals surface area contributed by atoms with Gasteiger partial charge in [-0.25, -0.2) is 4.39 Å². The van der Waals surface area contributed by atoms with Crippen LogP contribution in [0.5, 0.6) is 0 Å². The van der Waals surface area contributed by atoms with Gasteiger partial charge < -0.3 is 11.1 Å². The predicted molar refractivity (Wildman–Crippen MR) is 61.2 cm³/mol. The van der Waals surface area contributed by atoms with E-state index in [1.54, 1.807) is 6.07 Å². The maximum absolute atomic E-state index is 13.0. The lowest BCUT2D eigenvalue weighted by molar-refractivity contribution is 0.628. The number of nitrogen functional groups attached to an aromatic ring is 1. The topological polar surface area (TPSA) is 38.0 Å². The van der Waals surface area contributed by atoms with Crippen LogP contribution in [0, 0.1) is 11.7 Å². The Labute approximate surface area is 89.7 Å². The molecule has 3 heteroatoms. The van der Waals surface area contributed by atoms with E-state index >= 15 is 0 Å². The van der Waals surface area contributed by atoms with Crippen molar-refractivity contribution in [1.29, 1.82) is 0 Å². The fraction of sp³-hybridized carbons (Fsp3) is 0.500. The second-order valence-corrected chi connectivity index (χ2v) is 4.27. The van der Waals surface area contributed by atoms with E-state index in [1.807, 2.05) is 0 Å². The van der Waals surface area contributed by atoms with Gasteiger partial charge in [0.2, 0.25) is 0 Å². The lowest BCUT2D eigenvalue weighted by Crippen LogP contribution is -2.07. The fourth-order valence-corrected chi connectivity index (χ4v) is 1.97. The fourth-order valence-electron chi connectivity index (χ4n) is 1.97. The van der Waals surface area contributed by atoms with Crippen molar-refractivity contribution >= 4 is 11.4 Å². The zero-order valence-electron chi connectivity index (χ0n) is 8.96. The van der Waals surface area contributed by atoms with Gasteiger partial charge in [0.05, 0.1) is 11.4 Å².